The summed E-state index contributed by atoms with van der Waals surface area (Å²) >= 11 is 0. The van der Waals surface area contributed by atoms with Gasteiger partial charge in [-0.15, -0.1) is 0 Å². The molecule has 2 rings (SSSR count). The molecule has 78 valence electrons. The van der Waals surface area contributed by atoms with Gasteiger partial charge in [0.05, 0.1) is 18.5 Å². The van der Waals surface area contributed by atoms with Crippen LogP contribution in [0.3, 0.4) is 0 Å². The van der Waals surface area contributed by atoms with E-state index in [-0.39, 0.29) is 0 Å². The molecule has 0 amide bonds. The van der Waals surface area contributed by atoms with Gasteiger partial charge in [-0.3, -0.25) is 4.68 Å². The zero-order chi connectivity index (χ0) is 9.80. The molecule has 0 radical (unpaired) electrons. The highest BCUT2D eigenvalue weighted by Crippen LogP contribution is 2.13. The van der Waals surface area contributed by atoms with E-state index in [1.165, 1.54) is 6.42 Å². The highest BCUT2D eigenvalue weighted by Gasteiger charge is 2.13. The van der Waals surface area contributed by atoms with Crippen LogP contribution in [-0.4, -0.2) is 29.0 Å². The first kappa shape index (κ1) is 9.52. The van der Waals surface area contributed by atoms with Gasteiger partial charge in [0.2, 0.25) is 0 Å². The second-order valence-corrected chi connectivity index (χ2v) is 3.64. The van der Waals surface area contributed by atoms with Crippen LogP contribution in [0.1, 0.15) is 19.8 Å². The smallest absolute Gasteiger partial charge is 0.0729 e. The molecule has 1 fully saturated rings. The third-order valence-electron chi connectivity index (χ3n) is 2.49. The Hall–Kier alpha value is -1.03. The van der Waals surface area contributed by atoms with Crippen LogP contribution in [0, 0.1) is 0 Å². The molecular weight excluding hydrogens is 178 g/mol. The van der Waals surface area contributed by atoms with E-state index in [9.17, 15) is 0 Å². The van der Waals surface area contributed by atoms with Gasteiger partial charge in [-0.2, -0.15) is 5.10 Å². The lowest BCUT2D eigenvalue weighted by molar-refractivity contribution is 0.0876. The molecule has 1 aromatic rings. The summed E-state index contributed by atoms with van der Waals surface area (Å²) in [4.78, 5) is 0. The molecule has 1 aliphatic rings. The summed E-state index contributed by atoms with van der Waals surface area (Å²) in [5.41, 5.74) is 1.10. The molecule has 1 saturated heterocycles. The van der Waals surface area contributed by atoms with Gasteiger partial charge in [0.15, 0.2) is 0 Å². The standard InChI is InChI=1S/C10H17N3O/c1-2-13-7-10(6-11-13)12-9-4-3-5-14-8-9/h6-7,9,12H,2-5,8H2,1H3. The number of rotatable bonds is 3. The summed E-state index contributed by atoms with van der Waals surface area (Å²) in [5.74, 6) is 0. The second-order valence-electron chi connectivity index (χ2n) is 3.64. The van der Waals surface area contributed by atoms with Crippen LogP contribution in [0.2, 0.25) is 0 Å². The van der Waals surface area contributed by atoms with Crippen molar-refractivity contribution >= 4 is 5.69 Å². The summed E-state index contributed by atoms with van der Waals surface area (Å²) in [6, 6.07) is 0.457. The Labute approximate surface area is 84.3 Å². The van der Waals surface area contributed by atoms with Crippen LogP contribution in [0.5, 0.6) is 0 Å². The topological polar surface area (TPSA) is 39.1 Å². The molecule has 0 saturated carbocycles. The van der Waals surface area contributed by atoms with Crippen molar-refractivity contribution < 1.29 is 4.74 Å². The quantitative estimate of drug-likeness (QED) is 0.794. The Kier molecular flexibility index (Phi) is 3.03. The predicted molar refractivity (Wildman–Crippen MR) is 55.4 cm³/mol. The summed E-state index contributed by atoms with van der Waals surface area (Å²) in [7, 11) is 0. The maximum absolute atomic E-state index is 5.40. The van der Waals surface area contributed by atoms with Crippen molar-refractivity contribution in [2.75, 3.05) is 18.5 Å². The molecule has 0 aromatic carbocycles. The fourth-order valence-corrected chi connectivity index (χ4v) is 1.70. The largest absolute Gasteiger partial charge is 0.379 e. The minimum atomic E-state index is 0.457. The first-order chi connectivity index (χ1) is 6.88. The van der Waals surface area contributed by atoms with Gasteiger partial charge < -0.3 is 10.1 Å². The third-order valence-corrected chi connectivity index (χ3v) is 2.49. The minimum absolute atomic E-state index is 0.457. The number of ether oxygens (including phenoxy) is 1. The zero-order valence-electron chi connectivity index (χ0n) is 8.57. The number of aromatic nitrogens is 2. The zero-order valence-corrected chi connectivity index (χ0v) is 8.57. The molecule has 0 aliphatic carbocycles. The average molecular weight is 195 g/mol. The summed E-state index contributed by atoms with van der Waals surface area (Å²) < 4.78 is 7.32. The highest BCUT2D eigenvalue weighted by molar-refractivity contribution is 5.39. The monoisotopic (exact) mass is 195 g/mol. The molecule has 14 heavy (non-hydrogen) atoms. The number of nitrogens with zero attached hydrogens (tertiary/aromatic N) is 2. The molecule has 2 heterocycles. The Morgan fingerprint density at radius 1 is 1.71 bits per heavy atom. The molecule has 4 heteroatoms. The van der Waals surface area contributed by atoms with E-state index in [4.69, 9.17) is 4.74 Å². The molecule has 1 aliphatic heterocycles. The van der Waals surface area contributed by atoms with Crippen LogP contribution in [0.15, 0.2) is 12.4 Å². The normalized spacial score (nSPS) is 22.2. The van der Waals surface area contributed by atoms with E-state index in [1.54, 1.807) is 0 Å². The van der Waals surface area contributed by atoms with E-state index >= 15 is 0 Å². The number of hydrogen-bond acceptors (Lipinski definition) is 3. The first-order valence-electron chi connectivity index (χ1n) is 5.25. The SMILES string of the molecule is CCn1cc(NC2CCCOC2)cn1. The Morgan fingerprint density at radius 2 is 2.64 bits per heavy atom. The molecule has 1 atom stereocenters. The maximum Gasteiger partial charge on any atom is 0.0729 e. The van der Waals surface area contributed by atoms with Gasteiger partial charge in [0.1, 0.15) is 0 Å². The first-order valence-corrected chi connectivity index (χ1v) is 5.25. The molecule has 0 spiro atoms. The third kappa shape index (κ3) is 2.26. The fraction of sp³-hybridized carbons (Fsp3) is 0.700. The van der Waals surface area contributed by atoms with Crippen molar-refractivity contribution in [2.24, 2.45) is 0 Å². The van der Waals surface area contributed by atoms with Gasteiger partial charge >= 0.3 is 0 Å². The van der Waals surface area contributed by atoms with E-state index < -0.39 is 0 Å². The molecule has 4 nitrogen and oxygen atoms in total. The molecule has 0 bridgehead atoms. The van der Waals surface area contributed by atoms with E-state index in [0.29, 0.717) is 6.04 Å². The number of nitrogens with one attached hydrogen (secondary N) is 1. The number of aryl methyl sites for hydroxylation is 1. The lowest BCUT2D eigenvalue weighted by atomic mass is 10.1. The van der Waals surface area contributed by atoms with Gasteiger partial charge in [0.25, 0.3) is 0 Å². The van der Waals surface area contributed by atoms with Crippen LogP contribution in [0.25, 0.3) is 0 Å². The van der Waals surface area contributed by atoms with Crippen molar-refractivity contribution in [3.8, 4) is 0 Å². The van der Waals surface area contributed by atoms with Crippen molar-refractivity contribution in [1.29, 1.82) is 0 Å². The van der Waals surface area contributed by atoms with Gasteiger partial charge in [-0.05, 0) is 19.8 Å². The van der Waals surface area contributed by atoms with Gasteiger partial charge in [0, 0.05) is 25.4 Å². The Morgan fingerprint density at radius 3 is 3.29 bits per heavy atom. The second kappa shape index (κ2) is 4.46. The average Bonchev–Trinajstić information content (AvgIpc) is 2.67. The van der Waals surface area contributed by atoms with Gasteiger partial charge in [-0.1, -0.05) is 0 Å². The fourth-order valence-electron chi connectivity index (χ4n) is 1.70. The lowest BCUT2D eigenvalue weighted by Crippen LogP contribution is -2.29. The summed E-state index contributed by atoms with van der Waals surface area (Å²) in [6.45, 7) is 4.73. The predicted octanol–water partition coefficient (Wildman–Crippen LogP) is 1.49. The summed E-state index contributed by atoms with van der Waals surface area (Å²) in [6.07, 6.45) is 6.25. The number of hydrogen-bond donors (Lipinski definition) is 1. The molecule has 1 unspecified atom stereocenters. The van der Waals surface area contributed by atoms with Crippen LogP contribution in [0.4, 0.5) is 5.69 Å². The Balaban J connectivity index is 1.89. The lowest BCUT2D eigenvalue weighted by Gasteiger charge is -2.23. The van der Waals surface area contributed by atoms with Crippen molar-refractivity contribution in [1.82, 2.24) is 9.78 Å². The van der Waals surface area contributed by atoms with E-state index in [2.05, 4.69) is 17.3 Å². The maximum atomic E-state index is 5.40. The molecule has 1 aromatic heterocycles. The van der Waals surface area contributed by atoms with Crippen molar-refractivity contribution in [3.05, 3.63) is 12.4 Å². The van der Waals surface area contributed by atoms with E-state index in [1.807, 2.05) is 17.1 Å². The van der Waals surface area contributed by atoms with Crippen LogP contribution in [-0.2, 0) is 11.3 Å². The molecule has 1 N–H and O–H groups in total. The van der Waals surface area contributed by atoms with Crippen LogP contribution < -0.4 is 5.32 Å². The summed E-state index contributed by atoms with van der Waals surface area (Å²) in [5, 5.41) is 7.64. The number of anilines is 1. The van der Waals surface area contributed by atoms with E-state index in [0.717, 1.165) is 31.9 Å². The van der Waals surface area contributed by atoms with Crippen molar-refractivity contribution in [2.45, 2.75) is 32.4 Å². The molecular formula is C10H17N3O. The highest BCUT2D eigenvalue weighted by atomic mass is 16.5. The van der Waals surface area contributed by atoms with Crippen LogP contribution >= 0.6 is 0 Å². The Bertz CT molecular complexity index is 279. The van der Waals surface area contributed by atoms with Crippen molar-refractivity contribution in [3.63, 3.8) is 0 Å². The van der Waals surface area contributed by atoms with Gasteiger partial charge in [-0.25, -0.2) is 0 Å². The minimum Gasteiger partial charge on any atom is -0.379 e.